The second-order valence-corrected chi connectivity index (χ2v) is 5.78. The molecule has 0 aliphatic carbocycles. The van der Waals surface area contributed by atoms with Crippen LogP contribution in [-0.4, -0.2) is 61.4 Å². The second-order valence-electron chi connectivity index (χ2n) is 5.01. The fourth-order valence-electron chi connectivity index (χ4n) is 2.45. The number of aromatic nitrogens is 2. The van der Waals surface area contributed by atoms with Gasteiger partial charge in [-0.1, -0.05) is 11.8 Å². The van der Waals surface area contributed by atoms with Crippen LogP contribution in [0.3, 0.4) is 0 Å². The van der Waals surface area contributed by atoms with Gasteiger partial charge in [-0.15, -0.1) is 0 Å². The summed E-state index contributed by atoms with van der Waals surface area (Å²) in [7, 11) is 6.21. The molecule has 0 bridgehead atoms. The van der Waals surface area contributed by atoms with Gasteiger partial charge in [-0.05, 0) is 32.7 Å². The summed E-state index contributed by atoms with van der Waals surface area (Å²) in [5.41, 5.74) is 0. The van der Waals surface area contributed by atoms with Gasteiger partial charge in [0.1, 0.15) is 11.6 Å². The van der Waals surface area contributed by atoms with Gasteiger partial charge in [0.15, 0.2) is 5.16 Å². The predicted molar refractivity (Wildman–Crippen MR) is 82.3 cm³/mol. The topological polar surface area (TPSA) is 44.3 Å². The quantitative estimate of drug-likeness (QED) is 0.655. The number of nitrogens with one attached hydrogen (secondary N) is 1. The molecule has 19 heavy (non-hydrogen) atoms. The van der Waals surface area contributed by atoms with E-state index in [2.05, 4.69) is 39.2 Å². The summed E-state index contributed by atoms with van der Waals surface area (Å²) in [6.07, 6.45) is 4.58. The van der Waals surface area contributed by atoms with Gasteiger partial charge in [0.05, 0.1) is 0 Å². The molecule has 2 heterocycles. The minimum absolute atomic E-state index is 0.635. The first-order valence-electron chi connectivity index (χ1n) is 6.66. The molecule has 6 heteroatoms. The number of anilines is 2. The number of likely N-dealkylation sites (N-methyl/N-ethyl adjacent to an activating group) is 2. The van der Waals surface area contributed by atoms with Gasteiger partial charge in [-0.25, -0.2) is 9.97 Å². The molecule has 1 fully saturated rings. The molecule has 5 nitrogen and oxygen atoms in total. The summed E-state index contributed by atoms with van der Waals surface area (Å²) < 4.78 is 0. The van der Waals surface area contributed by atoms with E-state index < -0.39 is 0 Å². The van der Waals surface area contributed by atoms with Crippen molar-refractivity contribution in [1.29, 1.82) is 0 Å². The third kappa shape index (κ3) is 3.51. The van der Waals surface area contributed by atoms with Gasteiger partial charge in [-0.2, -0.15) is 0 Å². The number of thioether (sulfide) groups is 1. The summed E-state index contributed by atoms with van der Waals surface area (Å²) in [6.45, 7) is 2.23. The van der Waals surface area contributed by atoms with E-state index in [9.17, 15) is 0 Å². The van der Waals surface area contributed by atoms with Crippen LogP contribution < -0.4 is 10.2 Å². The zero-order valence-corrected chi connectivity index (χ0v) is 13.0. The first-order valence-corrected chi connectivity index (χ1v) is 7.88. The van der Waals surface area contributed by atoms with Crippen LogP contribution in [0.4, 0.5) is 11.6 Å². The van der Waals surface area contributed by atoms with Crippen molar-refractivity contribution in [2.24, 2.45) is 0 Å². The van der Waals surface area contributed by atoms with Gasteiger partial charge < -0.3 is 15.1 Å². The first kappa shape index (κ1) is 14.4. The highest BCUT2D eigenvalue weighted by atomic mass is 32.2. The average Bonchev–Trinajstić information content (AvgIpc) is 2.83. The van der Waals surface area contributed by atoms with E-state index in [0.29, 0.717) is 6.04 Å². The highest BCUT2D eigenvalue weighted by Crippen LogP contribution is 2.22. The lowest BCUT2D eigenvalue weighted by molar-refractivity contribution is 0.314. The van der Waals surface area contributed by atoms with E-state index in [1.165, 1.54) is 19.4 Å². The van der Waals surface area contributed by atoms with E-state index in [-0.39, 0.29) is 0 Å². The number of likely N-dealkylation sites (tertiary alicyclic amines) is 1. The van der Waals surface area contributed by atoms with E-state index in [1.807, 2.05) is 19.4 Å². The Balaban J connectivity index is 2.11. The van der Waals surface area contributed by atoms with Crippen LogP contribution in [0.5, 0.6) is 0 Å². The maximum Gasteiger partial charge on any atom is 0.191 e. The fraction of sp³-hybridized carbons (Fsp3) is 0.692. The van der Waals surface area contributed by atoms with Gasteiger partial charge in [0.25, 0.3) is 0 Å². The highest BCUT2D eigenvalue weighted by Gasteiger charge is 2.22. The Bertz CT molecular complexity index is 403. The Morgan fingerprint density at radius 1 is 1.53 bits per heavy atom. The molecular weight excluding hydrogens is 258 g/mol. The smallest absolute Gasteiger partial charge is 0.191 e. The van der Waals surface area contributed by atoms with Crippen LogP contribution in [-0.2, 0) is 0 Å². The van der Waals surface area contributed by atoms with Crippen molar-refractivity contribution >= 4 is 23.4 Å². The molecule has 1 unspecified atom stereocenters. The molecule has 2 rings (SSSR count). The lowest BCUT2D eigenvalue weighted by Crippen LogP contribution is -2.37. The third-order valence-corrected chi connectivity index (χ3v) is 4.23. The van der Waals surface area contributed by atoms with Crippen molar-refractivity contribution in [1.82, 2.24) is 14.9 Å². The third-order valence-electron chi connectivity index (χ3n) is 3.68. The number of hydrogen-bond acceptors (Lipinski definition) is 6. The van der Waals surface area contributed by atoms with Gasteiger partial charge in [-0.3, -0.25) is 0 Å². The minimum Gasteiger partial charge on any atom is -0.373 e. The molecule has 0 saturated carbocycles. The maximum atomic E-state index is 4.59. The highest BCUT2D eigenvalue weighted by molar-refractivity contribution is 7.98. The van der Waals surface area contributed by atoms with Crippen molar-refractivity contribution < 1.29 is 0 Å². The van der Waals surface area contributed by atoms with Gasteiger partial charge in [0, 0.05) is 32.7 Å². The van der Waals surface area contributed by atoms with Crippen LogP contribution in [0.1, 0.15) is 12.8 Å². The molecule has 1 aliphatic heterocycles. The second kappa shape index (κ2) is 6.43. The molecule has 1 atom stereocenters. The molecule has 1 aromatic rings. The van der Waals surface area contributed by atoms with Crippen molar-refractivity contribution in [2.45, 2.75) is 24.0 Å². The Labute approximate surface area is 119 Å². The molecular formula is C13H23N5S. The van der Waals surface area contributed by atoms with Crippen LogP contribution in [0, 0.1) is 0 Å². The van der Waals surface area contributed by atoms with Crippen LogP contribution in [0.25, 0.3) is 0 Å². The monoisotopic (exact) mass is 281 g/mol. The minimum atomic E-state index is 0.635. The molecule has 1 saturated heterocycles. The summed E-state index contributed by atoms with van der Waals surface area (Å²) in [5, 5.41) is 3.91. The van der Waals surface area contributed by atoms with E-state index in [4.69, 9.17) is 0 Å². The van der Waals surface area contributed by atoms with E-state index >= 15 is 0 Å². The molecule has 0 radical (unpaired) electrons. The Kier molecular flexibility index (Phi) is 4.87. The average molecular weight is 281 g/mol. The summed E-state index contributed by atoms with van der Waals surface area (Å²) in [6, 6.07) is 2.64. The van der Waals surface area contributed by atoms with Crippen molar-refractivity contribution in [3.05, 3.63) is 6.07 Å². The lowest BCUT2D eigenvalue weighted by atomic mass is 10.2. The van der Waals surface area contributed by atoms with Crippen LogP contribution in [0.15, 0.2) is 11.2 Å². The van der Waals surface area contributed by atoms with Gasteiger partial charge >= 0.3 is 0 Å². The predicted octanol–water partition coefficient (Wildman–Crippen LogP) is 1.77. The summed E-state index contributed by atoms with van der Waals surface area (Å²) in [4.78, 5) is 13.7. The van der Waals surface area contributed by atoms with Crippen LogP contribution >= 0.6 is 11.8 Å². The van der Waals surface area contributed by atoms with Gasteiger partial charge in [0.2, 0.25) is 0 Å². The standard InChI is InChI=1S/C13H23N5S/c1-14-11-8-12(16-13(15-11)19-4)18(3)9-10-6-5-7-17(10)2/h8,10H,5-7,9H2,1-4H3,(H,14,15,16). The maximum absolute atomic E-state index is 4.59. The number of hydrogen-bond donors (Lipinski definition) is 1. The molecule has 1 N–H and O–H groups in total. The van der Waals surface area contributed by atoms with Crippen molar-refractivity contribution in [3.8, 4) is 0 Å². The van der Waals surface area contributed by atoms with Crippen LogP contribution in [0.2, 0.25) is 0 Å². The number of nitrogens with zero attached hydrogens (tertiary/aromatic N) is 4. The molecule has 106 valence electrons. The Morgan fingerprint density at radius 2 is 2.32 bits per heavy atom. The largest absolute Gasteiger partial charge is 0.373 e. The zero-order valence-electron chi connectivity index (χ0n) is 12.2. The normalized spacial score (nSPS) is 19.7. The molecule has 0 aromatic carbocycles. The summed E-state index contributed by atoms with van der Waals surface area (Å²) >= 11 is 1.57. The molecule has 1 aliphatic rings. The molecule has 1 aromatic heterocycles. The first-order chi connectivity index (χ1) is 9.13. The molecule has 0 amide bonds. The molecule has 0 spiro atoms. The Morgan fingerprint density at radius 3 is 2.89 bits per heavy atom. The number of rotatable bonds is 5. The summed E-state index contributed by atoms with van der Waals surface area (Å²) in [5.74, 6) is 1.87. The van der Waals surface area contributed by atoms with Crippen molar-refractivity contribution in [2.75, 3.05) is 50.7 Å². The lowest BCUT2D eigenvalue weighted by Gasteiger charge is -2.26. The van der Waals surface area contributed by atoms with E-state index in [0.717, 1.165) is 23.3 Å². The van der Waals surface area contributed by atoms with Crippen molar-refractivity contribution in [3.63, 3.8) is 0 Å². The Hall–Kier alpha value is -1.01. The SMILES string of the molecule is CNc1cc(N(C)CC2CCCN2C)nc(SC)n1. The zero-order chi connectivity index (χ0) is 13.8. The van der Waals surface area contributed by atoms with E-state index in [1.54, 1.807) is 11.8 Å². The fourth-order valence-corrected chi connectivity index (χ4v) is 2.82.